The van der Waals surface area contributed by atoms with Gasteiger partial charge in [0.15, 0.2) is 11.6 Å². The Morgan fingerprint density at radius 2 is 2.08 bits per heavy atom. The third-order valence-electron chi connectivity index (χ3n) is 3.99. The first-order valence-electron chi connectivity index (χ1n) is 8.13. The summed E-state index contributed by atoms with van der Waals surface area (Å²) in [4.78, 5) is 14.9. The fourth-order valence-corrected chi connectivity index (χ4v) is 3.23. The van der Waals surface area contributed by atoms with Crippen molar-refractivity contribution in [3.8, 4) is 5.69 Å². The second-order valence-electron chi connectivity index (χ2n) is 5.99. The largest absolute Gasteiger partial charge is 0.291 e. The number of halogens is 1. The molecule has 0 saturated heterocycles. The van der Waals surface area contributed by atoms with Gasteiger partial charge in [0, 0.05) is 30.3 Å². The Balaban J connectivity index is 1.87. The quantitative estimate of drug-likeness (QED) is 0.616. The van der Waals surface area contributed by atoms with Crippen LogP contribution in [0.3, 0.4) is 0 Å². The molecule has 0 spiro atoms. The Bertz CT molecular complexity index is 967. The van der Waals surface area contributed by atoms with E-state index in [1.54, 1.807) is 11.3 Å². The predicted octanol–water partition coefficient (Wildman–Crippen LogP) is 2.77. The highest BCUT2D eigenvalue weighted by atomic mass is 79.9. The van der Waals surface area contributed by atoms with Gasteiger partial charge in [0.1, 0.15) is 13.2 Å². The van der Waals surface area contributed by atoms with Crippen molar-refractivity contribution in [2.75, 3.05) is 14.1 Å². The van der Waals surface area contributed by atoms with Gasteiger partial charge in [-0.15, -0.1) is 10.2 Å². The van der Waals surface area contributed by atoms with Gasteiger partial charge < -0.3 is 0 Å². The van der Waals surface area contributed by atoms with Crippen molar-refractivity contribution in [2.24, 2.45) is 4.99 Å². The maximum Gasteiger partial charge on any atom is 0.165 e. The number of benzene rings is 1. The van der Waals surface area contributed by atoms with E-state index in [9.17, 15) is 0 Å². The molecule has 0 unspecified atom stereocenters. The zero-order valence-electron chi connectivity index (χ0n) is 14.4. The van der Waals surface area contributed by atoms with Crippen LogP contribution in [0.2, 0.25) is 0 Å². The highest BCUT2D eigenvalue weighted by Crippen LogP contribution is 2.28. The molecule has 132 valence electrons. The van der Waals surface area contributed by atoms with Crippen molar-refractivity contribution in [3.63, 3.8) is 0 Å². The second-order valence-corrected chi connectivity index (χ2v) is 6.91. The molecule has 7 nitrogen and oxygen atoms in total. The summed E-state index contributed by atoms with van der Waals surface area (Å²) >= 11 is 3.57. The summed E-state index contributed by atoms with van der Waals surface area (Å²) in [6, 6.07) is 11.9. The van der Waals surface area contributed by atoms with E-state index in [2.05, 4.69) is 37.2 Å². The molecule has 4 rings (SSSR count). The number of aromatic nitrogens is 4. The minimum Gasteiger partial charge on any atom is -0.291 e. The highest BCUT2D eigenvalue weighted by molar-refractivity contribution is 9.10. The normalized spacial score (nSPS) is 13.2. The first kappa shape index (κ1) is 17.0. The lowest BCUT2D eigenvalue weighted by Gasteiger charge is -2.15. The van der Waals surface area contributed by atoms with Gasteiger partial charge in [-0.1, -0.05) is 22.0 Å². The number of hydroxylamine groups is 2. The summed E-state index contributed by atoms with van der Waals surface area (Å²) in [5, 5.41) is 10.3. The minimum atomic E-state index is 0.328. The molecule has 3 heterocycles. The molecule has 1 aliphatic heterocycles. The lowest BCUT2D eigenvalue weighted by Crippen LogP contribution is -2.16. The number of hydrogen-bond donors (Lipinski definition) is 0. The van der Waals surface area contributed by atoms with E-state index < -0.39 is 0 Å². The number of aliphatic imine (C=N–C) groups is 1. The summed E-state index contributed by atoms with van der Waals surface area (Å²) in [6.07, 6.45) is 1.77. The van der Waals surface area contributed by atoms with Crippen LogP contribution < -0.4 is 0 Å². The Hall–Kier alpha value is -2.42. The molecule has 0 radical (unpaired) electrons. The van der Waals surface area contributed by atoms with E-state index in [0.717, 1.165) is 38.8 Å². The van der Waals surface area contributed by atoms with Crippen molar-refractivity contribution in [1.82, 2.24) is 24.8 Å². The maximum atomic E-state index is 5.59. The van der Waals surface area contributed by atoms with Crippen LogP contribution in [0.5, 0.6) is 0 Å². The number of rotatable bonds is 4. The van der Waals surface area contributed by atoms with Crippen molar-refractivity contribution < 1.29 is 4.84 Å². The lowest BCUT2D eigenvalue weighted by molar-refractivity contribution is -0.133. The topological polar surface area (TPSA) is 68.4 Å². The van der Waals surface area contributed by atoms with Crippen molar-refractivity contribution in [2.45, 2.75) is 13.2 Å². The first-order chi connectivity index (χ1) is 12.6. The molecule has 0 atom stereocenters. The molecule has 0 aliphatic carbocycles. The van der Waals surface area contributed by atoms with Gasteiger partial charge in [-0.3, -0.25) is 19.4 Å². The van der Waals surface area contributed by atoms with Crippen molar-refractivity contribution in [3.05, 3.63) is 70.0 Å². The molecule has 0 bridgehead atoms. The van der Waals surface area contributed by atoms with Crippen LogP contribution in [-0.4, -0.2) is 44.6 Å². The van der Waals surface area contributed by atoms with Gasteiger partial charge in [0.25, 0.3) is 0 Å². The summed E-state index contributed by atoms with van der Waals surface area (Å²) in [7, 11) is 3.68. The number of fused-ring (bicyclic) bond motifs is 3. The molecule has 26 heavy (non-hydrogen) atoms. The average Bonchev–Trinajstić information content (AvgIpc) is 2.97. The standard InChI is InChI=1S/C18H17BrN6O/c1-24(2)26-11-17-23-22-16-10-21-18(14-5-3-4-8-20-14)13-9-12(19)6-7-15(13)25(16)17/h3-9H,10-11H2,1-2H3. The van der Waals surface area contributed by atoms with Gasteiger partial charge in [0.05, 0.1) is 17.1 Å². The van der Waals surface area contributed by atoms with Gasteiger partial charge in [-0.25, -0.2) is 0 Å². The van der Waals surface area contributed by atoms with Crippen LogP contribution in [0, 0.1) is 0 Å². The molecular formula is C18H17BrN6O. The average molecular weight is 413 g/mol. The second kappa shape index (κ2) is 7.06. The van der Waals surface area contributed by atoms with E-state index in [1.165, 1.54) is 0 Å². The number of pyridine rings is 1. The molecule has 0 N–H and O–H groups in total. The van der Waals surface area contributed by atoms with E-state index in [0.29, 0.717) is 13.2 Å². The molecule has 0 amide bonds. The van der Waals surface area contributed by atoms with Gasteiger partial charge in [0.2, 0.25) is 0 Å². The monoisotopic (exact) mass is 412 g/mol. The summed E-state index contributed by atoms with van der Waals surface area (Å²) in [6.45, 7) is 0.752. The zero-order chi connectivity index (χ0) is 18.1. The van der Waals surface area contributed by atoms with Crippen molar-refractivity contribution in [1.29, 1.82) is 0 Å². The van der Waals surface area contributed by atoms with Crippen LogP contribution >= 0.6 is 15.9 Å². The highest BCUT2D eigenvalue weighted by Gasteiger charge is 2.23. The fraction of sp³-hybridized carbons (Fsp3) is 0.222. The minimum absolute atomic E-state index is 0.328. The van der Waals surface area contributed by atoms with Gasteiger partial charge in [-0.2, -0.15) is 5.06 Å². The molecule has 0 saturated carbocycles. The SMILES string of the molecule is CN(C)OCc1nnc2n1-c1ccc(Br)cc1C(c1ccccn1)=NC2. The predicted molar refractivity (Wildman–Crippen MR) is 101 cm³/mol. The summed E-state index contributed by atoms with van der Waals surface area (Å²) < 4.78 is 2.99. The summed E-state index contributed by atoms with van der Waals surface area (Å²) in [5.74, 6) is 1.51. The maximum absolute atomic E-state index is 5.59. The Morgan fingerprint density at radius 3 is 2.85 bits per heavy atom. The summed E-state index contributed by atoms with van der Waals surface area (Å²) in [5.41, 5.74) is 3.61. The van der Waals surface area contributed by atoms with Crippen LogP contribution in [0.25, 0.3) is 5.69 Å². The number of hydrogen-bond acceptors (Lipinski definition) is 6. The van der Waals surface area contributed by atoms with Crippen LogP contribution in [-0.2, 0) is 18.0 Å². The Morgan fingerprint density at radius 1 is 1.19 bits per heavy atom. The smallest absolute Gasteiger partial charge is 0.165 e. The van der Waals surface area contributed by atoms with E-state index in [4.69, 9.17) is 9.83 Å². The van der Waals surface area contributed by atoms with Crippen LogP contribution in [0.15, 0.2) is 52.1 Å². The van der Waals surface area contributed by atoms with Gasteiger partial charge >= 0.3 is 0 Å². The molecule has 2 aromatic heterocycles. The van der Waals surface area contributed by atoms with Crippen LogP contribution in [0.4, 0.5) is 0 Å². The van der Waals surface area contributed by atoms with E-state index >= 15 is 0 Å². The fourth-order valence-electron chi connectivity index (χ4n) is 2.86. The number of nitrogens with zero attached hydrogens (tertiary/aromatic N) is 6. The molecule has 3 aromatic rings. The molecule has 8 heteroatoms. The van der Waals surface area contributed by atoms with Crippen molar-refractivity contribution >= 4 is 21.6 Å². The molecule has 1 aromatic carbocycles. The van der Waals surface area contributed by atoms with E-state index in [1.807, 2.05) is 49.0 Å². The molecule has 0 fully saturated rings. The Kier molecular flexibility index (Phi) is 4.62. The van der Waals surface area contributed by atoms with Crippen LogP contribution in [0.1, 0.15) is 22.9 Å². The Labute approximate surface area is 159 Å². The van der Waals surface area contributed by atoms with Gasteiger partial charge in [-0.05, 0) is 30.3 Å². The first-order valence-corrected chi connectivity index (χ1v) is 8.92. The molecule has 1 aliphatic rings. The van der Waals surface area contributed by atoms with E-state index in [-0.39, 0.29) is 0 Å². The zero-order valence-corrected chi connectivity index (χ0v) is 16.0. The third kappa shape index (κ3) is 3.18. The third-order valence-corrected chi connectivity index (χ3v) is 4.48. The molecular weight excluding hydrogens is 396 g/mol. The lowest BCUT2D eigenvalue weighted by atomic mass is 10.0.